The van der Waals surface area contributed by atoms with Gasteiger partial charge in [-0.3, -0.25) is 9.80 Å². The lowest BCUT2D eigenvalue weighted by atomic mass is 10.2. The van der Waals surface area contributed by atoms with Crippen LogP contribution in [-0.2, 0) is 4.79 Å². The molecule has 1 N–H and O–H groups in total. The number of carboxylic acid groups (broad SMARTS) is 1. The number of nitrogens with zero attached hydrogens (tertiary/aromatic N) is 2. The molecule has 0 saturated heterocycles. The van der Waals surface area contributed by atoms with E-state index in [9.17, 15) is 9.70 Å². The van der Waals surface area contributed by atoms with Gasteiger partial charge in [0.1, 0.15) is 0 Å². The van der Waals surface area contributed by atoms with E-state index < -0.39 is 5.97 Å². The number of hydrogen-bond acceptors (Lipinski definition) is 3. The summed E-state index contributed by atoms with van der Waals surface area (Å²) in [6.07, 6.45) is 1.46. The van der Waals surface area contributed by atoms with Crippen LogP contribution in [0.15, 0.2) is 5.29 Å². The number of nitroso groups, excluding NO2 is 1. The van der Waals surface area contributed by atoms with Crippen LogP contribution in [0.3, 0.4) is 0 Å². The fraction of sp³-hybridized carbons (Fsp3) is 0.857. The summed E-state index contributed by atoms with van der Waals surface area (Å²) in [5.41, 5.74) is 0. The molecule has 0 aliphatic rings. The van der Waals surface area contributed by atoms with E-state index in [0.717, 1.165) is 0 Å². The second-order valence-corrected chi connectivity index (χ2v) is 2.48. The van der Waals surface area contributed by atoms with Gasteiger partial charge >= 0.3 is 5.97 Å². The van der Waals surface area contributed by atoms with Crippen LogP contribution in [0, 0.1) is 4.91 Å². The summed E-state index contributed by atoms with van der Waals surface area (Å²) < 4.78 is 0. The minimum absolute atomic E-state index is 0.163. The molecule has 0 rings (SSSR count). The Morgan fingerprint density at radius 3 is 2.58 bits per heavy atom. The highest BCUT2D eigenvalue weighted by Gasteiger charge is 2.00. The molecular formula is C7H14N2O3. The Bertz CT molecular complexity index is 150. The first-order valence-electron chi connectivity index (χ1n) is 4.00. The molecule has 0 radical (unpaired) electrons. The van der Waals surface area contributed by atoms with Crippen LogP contribution in [-0.4, -0.2) is 29.2 Å². The van der Waals surface area contributed by atoms with E-state index in [1.165, 1.54) is 5.01 Å². The van der Waals surface area contributed by atoms with Crippen LogP contribution in [0.4, 0.5) is 0 Å². The molecule has 5 nitrogen and oxygen atoms in total. The average Bonchev–Trinajstić information content (AvgIpc) is 2.04. The van der Waals surface area contributed by atoms with Crippen molar-refractivity contribution in [1.29, 1.82) is 0 Å². The monoisotopic (exact) mass is 174 g/mol. The van der Waals surface area contributed by atoms with E-state index >= 15 is 0 Å². The van der Waals surface area contributed by atoms with E-state index in [2.05, 4.69) is 5.29 Å². The highest BCUT2D eigenvalue weighted by Crippen LogP contribution is 1.98. The second kappa shape index (κ2) is 6.57. The third kappa shape index (κ3) is 5.64. The molecule has 0 saturated carbocycles. The first-order chi connectivity index (χ1) is 5.70. The lowest BCUT2D eigenvalue weighted by molar-refractivity contribution is -0.137. The van der Waals surface area contributed by atoms with Gasteiger partial charge < -0.3 is 5.11 Å². The predicted molar refractivity (Wildman–Crippen MR) is 44.5 cm³/mol. The summed E-state index contributed by atoms with van der Waals surface area (Å²) in [7, 11) is 0. The van der Waals surface area contributed by atoms with Crippen LogP contribution in [0.25, 0.3) is 0 Å². The first-order valence-corrected chi connectivity index (χ1v) is 4.00. The van der Waals surface area contributed by atoms with Gasteiger partial charge in [-0.05, 0) is 19.8 Å². The van der Waals surface area contributed by atoms with Crippen LogP contribution in [0.1, 0.15) is 26.2 Å². The molecule has 5 heteroatoms. The Kier molecular flexibility index (Phi) is 5.95. The average molecular weight is 174 g/mol. The zero-order chi connectivity index (χ0) is 9.40. The highest BCUT2D eigenvalue weighted by molar-refractivity contribution is 5.66. The standard InChI is InChI=1S/C7H14N2O3/c1-2-9(8-12)6-4-3-5-7(10)11/h2-6H2,1H3,(H,10,11). The highest BCUT2D eigenvalue weighted by atomic mass is 16.4. The molecule has 0 amide bonds. The smallest absolute Gasteiger partial charge is 0.303 e. The Balaban J connectivity index is 3.29. The van der Waals surface area contributed by atoms with Crippen molar-refractivity contribution in [3.05, 3.63) is 4.91 Å². The maximum Gasteiger partial charge on any atom is 0.303 e. The van der Waals surface area contributed by atoms with Crippen LogP contribution in [0.5, 0.6) is 0 Å². The molecule has 12 heavy (non-hydrogen) atoms. The van der Waals surface area contributed by atoms with Gasteiger partial charge in [-0.1, -0.05) is 0 Å². The maximum absolute atomic E-state index is 10.1. The van der Waals surface area contributed by atoms with E-state index in [0.29, 0.717) is 25.9 Å². The molecule has 0 heterocycles. The molecule has 0 aromatic heterocycles. The Hall–Kier alpha value is -1.13. The quantitative estimate of drug-likeness (QED) is 0.358. The van der Waals surface area contributed by atoms with Gasteiger partial charge in [-0.15, -0.1) is 4.91 Å². The molecule has 0 fully saturated rings. The van der Waals surface area contributed by atoms with Crippen LogP contribution in [0.2, 0.25) is 0 Å². The van der Waals surface area contributed by atoms with Gasteiger partial charge in [-0.25, -0.2) is 0 Å². The third-order valence-electron chi connectivity index (χ3n) is 1.54. The van der Waals surface area contributed by atoms with E-state index in [1.54, 1.807) is 0 Å². The fourth-order valence-corrected chi connectivity index (χ4v) is 0.827. The van der Waals surface area contributed by atoms with Crippen molar-refractivity contribution in [3.8, 4) is 0 Å². The second-order valence-electron chi connectivity index (χ2n) is 2.48. The maximum atomic E-state index is 10.1. The fourth-order valence-electron chi connectivity index (χ4n) is 0.827. The third-order valence-corrected chi connectivity index (χ3v) is 1.54. The molecule has 0 atom stereocenters. The van der Waals surface area contributed by atoms with Crippen molar-refractivity contribution >= 4 is 5.97 Å². The summed E-state index contributed by atoms with van der Waals surface area (Å²) in [4.78, 5) is 20.1. The molecule has 70 valence electrons. The van der Waals surface area contributed by atoms with E-state index in [4.69, 9.17) is 5.11 Å². The van der Waals surface area contributed by atoms with Crippen molar-refractivity contribution in [2.24, 2.45) is 5.29 Å². The lowest BCUT2D eigenvalue weighted by Crippen LogP contribution is -2.17. The molecule has 0 aromatic carbocycles. The van der Waals surface area contributed by atoms with Gasteiger partial charge in [0.25, 0.3) is 0 Å². The summed E-state index contributed by atoms with van der Waals surface area (Å²) >= 11 is 0. The first kappa shape index (κ1) is 10.9. The van der Waals surface area contributed by atoms with Gasteiger partial charge in [-0.2, -0.15) is 0 Å². The predicted octanol–water partition coefficient (Wildman–Crippen LogP) is 1.24. The van der Waals surface area contributed by atoms with Crippen molar-refractivity contribution < 1.29 is 9.90 Å². The summed E-state index contributed by atoms with van der Waals surface area (Å²) in [5.74, 6) is -0.794. The molecule has 0 aliphatic heterocycles. The molecule has 0 bridgehead atoms. The van der Waals surface area contributed by atoms with Crippen molar-refractivity contribution in [3.63, 3.8) is 0 Å². The SMILES string of the molecule is CCN(CCCCC(=O)O)N=O. The zero-order valence-corrected chi connectivity index (χ0v) is 7.19. The van der Waals surface area contributed by atoms with Gasteiger partial charge in [0.15, 0.2) is 0 Å². The molecular weight excluding hydrogens is 160 g/mol. The van der Waals surface area contributed by atoms with Gasteiger partial charge in [0.05, 0.1) is 5.29 Å². The molecule has 0 unspecified atom stereocenters. The van der Waals surface area contributed by atoms with Gasteiger partial charge in [0, 0.05) is 19.5 Å². The van der Waals surface area contributed by atoms with Crippen molar-refractivity contribution in [1.82, 2.24) is 5.01 Å². The van der Waals surface area contributed by atoms with E-state index in [-0.39, 0.29) is 6.42 Å². The number of carboxylic acids is 1. The van der Waals surface area contributed by atoms with Crippen molar-refractivity contribution in [2.45, 2.75) is 26.2 Å². The Morgan fingerprint density at radius 1 is 1.50 bits per heavy atom. The molecule has 0 aliphatic carbocycles. The minimum atomic E-state index is -0.794. The summed E-state index contributed by atoms with van der Waals surface area (Å²) in [5, 5.41) is 12.4. The largest absolute Gasteiger partial charge is 0.481 e. The summed E-state index contributed by atoms with van der Waals surface area (Å²) in [6, 6.07) is 0. The van der Waals surface area contributed by atoms with Crippen LogP contribution >= 0.6 is 0 Å². The van der Waals surface area contributed by atoms with Crippen LogP contribution < -0.4 is 0 Å². The number of rotatable bonds is 7. The Labute approximate surface area is 71.3 Å². The molecule has 0 aromatic rings. The number of unbranched alkanes of at least 4 members (excludes halogenated alkanes) is 1. The Morgan fingerprint density at radius 2 is 2.17 bits per heavy atom. The number of hydrogen-bond donors (Lipinski definition) is 1. The summed E-state index contributed by atoms with van der Waals surface area (Å²) in [6.45, 7) is 2.96. The number of aliphatic carboxylic acids is 1. The molecule has 0 spiro atoms. The number of carbonyl (C=O) groups is 1. The normalized spacial score (nSPS) is 9.42. The van der Waals surface area contributed by atoms with E-state index in [1.807, 2.05) is 6.92 Å². The van der Waals surface area contributed by atoms with Crippen molar-refractivity contribution in [2.75, 3.05) is 13.1 Å². The van der Waals surface area contributed by atoms with Gasteiger partial charge in [0.2, 0.25) is 0 Å². The minimum Gasteiger partial charge on any atom is -0.481 e. The topological polar surface area (TPSA) is 70.0 Å². The zero-order valence-electron chi connectivity index (χ0n) is 7.19. The lowest BCUT2D eigenvalue weighted by Gasteiger charge is -2.10.